The molecule has 0 fully saturated rings. The SMILES string of the molecule is O=[N+]([O-])c1ccc(OCC(F)F)cn1. The Labute approximate surface area is 77.5 Å². The molecule has 0 N–H and O–H groups in total. The van der Waals surface area contributed by atoms with E-state index in [2.05, 4.69) is 9.72 Å². The molecule has 7 heteroatoms. The second-order valence-corrected chi connectivity index (χ2v) is 2.31. The van der Waals surface area contributed by atoms with Gasteiger partial charge in [-0.1, -0.05) is 0 Å². The Hall–Kier alpha value is -1.79. The quantitative estimate of drug-likeness (QED) is 0.552. The van der Waals surface area contributed by atoms with Gasteiger partial charge in [0.25, 0.3) is 6.43 Å². The van der Waals surface area contributed by atoms with E-state index in [1.54, 1.807) is 0 Å². The monoisotopic (exact) mass is 204 g/mol. The molecule has 0 spiro atoms. The van der Waals surface area contributed by atoms with Crippen LogP contribution in [0.5, 0.6) is 5.75 Å². The minimum absolute atomic E-state index is 0.0795. The smallest absolute Gasteiger partial charge is 0.363 e. The predicted molar refractivity (Wildman–Crippen MR) is 42.4 cm³/mol. The second kappa shape index (κ2) is 4.45. The maximum atomic E-state index is 11.7. The van der Waals surface area contributed by atoms with Gasteiger partial charge in [-0.15, -0.1) is 0 Å². The van der Waals surface area contributed by atoms with Crippen molar-refractivity contribution in [3.8, 4) is 5.75 Å². The number of halogens is 2. The predicted octanol–water partition coefficient (Wildman–Crippen LogP) is 1.63. The molecule has 14 heavy (non-hydrogen) atoms. The summed E-state index contributed by atoms with van der Waals surface area (Å²) >= 11 is 0. The second-order valence-electron chi connectivity index (χ2n) is 2.31. The van der Waals surface area contributed by atoms with Crippen LogP contribution in [0, 0.1) is 10.1 Å². The minimum Gasteiger partial charge on any atom is -0.484 e. The number of aromatic nitrogens is 1. The van der Waals surface area contributed by atoms with E-state index >= 15 is 0 Å². The van der Waals surface area contributed by atoms with Crippen LogP contribution in [0.1, 0.15) is 0 Å². The first-order valence-corrected chi connectivity index (χ1v) is 3.61. The van der Waals surface area contributed by atoms with E-state index in [0.29, 0.717) is 0 Å². The number of pyridine rings is 1. The summed E-state index contributed by atoms with van der Waals surface area (Å²) in [6.45, 7) is -0.751. The van der Waals surface area contributed by atoms with Gasteiger partial charge in [0.2, 0.25) is 0 Å². The Bertz CT molecular complexity index is 315. The van der Waals surface area contributed by atoms with E-state index in [1.165, 1.54) is 6.07 Å². The molecular formula is C7H6F2N2O3. The lowest BCUT2D eigenvalue weighted by Crippen LogP contribution is -2.07. The van der Waals surface area contributed by atoms with Crippen LogP contribution in [0.25, 0.3) is 0 Å². The summed E-state index contributed by atoms with van der Waals surface area (Å²) in [7, 11) is 0. The summed E-state index contributed by atoms with van der Waals surface area (Å²) in [6.07, 6.45) is -1.55. The van der Waals surface area contributed by atoms with Gasteiger partial charge in [-0.05, 0) is 16.0 Å². The number of ether oxygens (including phenoxy) is 1. The molecular weight excluding hydrogens is 198 g/mol. The van der Waals surface area contributed by atoms with E-state index in [4.69, 9.17) is 0 Å². The highest BCUT2D eigenvalue weighted by Gasteiger charge is 2.08. The Morgan fingerprint density at radius 2 is 2.29 bits per heavy atom. The Kier molecular flexibility index (Phi) is 3.27. The van der Waals surface area contributed by atoms with Crippen molar-refractivity contribution in [1.29, 1.82) is 0 Å². The maximum absolute atomic E-state index is 11.7. The Morgan fingerprint density at radius 1 is 1.57 bits per heavy atom. The summed E-state index contributed by atoms with van der Waals surface area (Å²) in [5.41, 5.74) is 0. The number of nitro groups is 1. The zero-order chi connectivity index (χ0) is 10.6. The lowest BCUT2D eigenvalue weighted by molar-refractivity contribution is -0.389. The van der Waals surface area contributed by atoms with Crippen LogP contribution >= 0.6 is 0 Å². The molecule has 0 atom stereocenters. The normalized spacial score (nSPS) is 10.2. The number of nitrogens with zero attached hydrogens (tertiary/aromatic N) is 2. The molecule has 0 aliphatic heterocycles. The van der Waals surface area contributed by atoms with Crippen LogP contribution in [0.2, 0.25) is 0 Å². The van der Waals surface area contributed by atoms with Gasteiger partial charge in [0, 0.05) is 6.07 Å². The first kappa shape index (κ1) is 10.3. The van der Waals surface area contributed by atoms with Crippen LogP contribution in [-0.2, 0) is 0 Å². The minimum atomic E-state index is -2.58. The standard InChI is InChI=1S/C7H6F2N2O3/c8-6(9)4-14-5-1-2-7(10-3-5)11(12)13/h1-3,6H,4H2. The van der Waals surface area contributed by atoms with Gasteiger partial charge in [-0.25, -0.2) is 8.78 Å². The van der Waals surface area contributed by atoms with Crippen LogP contribution in [-0.4, -0.2) is 22.9 Å². The van der Waals surface area contributed by atoms with Crippen LogP contribution < -0.4 is 4.74 Å². The van der Waals surface area contributed by atoms with E-state index in [1.807, 2.05) is 0 Å². The van der Waals surface area contributed by atoms with Gasteiger partial charge < -0.3 is 14.9 Å². The van der Waals surface area contributed by atoms with Gasteiger partial charge in [0.1, 0.15) is 6.61 Å². The number of hydrogen-bond acceptors (Lipinski definition) is 4. The van der Waals surface area contributed by atoms with Gasteiger partial charge in [0.05, 0.1) is 0 Å². The van der Waals surface area contributed by atoms with Crippen molar-refractivity contribution in [3.05, 3.63) is 28.4 Å². The molecule has 0 saturated heterocycles. The largest absolute Gasteiger partial charge is 0.484 e. The van der Waals surface area contributed by atoms with Crippen molar-refractivity contribution in [2.24, 2.45) is 0 Å². The lowest BCUT2D eigenvalue weighted by atomic mass is 10.4. The zero-order valence-corrected chi connectivity index (χ0v) is 6.89. The molecule has 0 saturated carbocycles. The van der Waals surface area contributed by atoms with E-state index < -0.39 is 18.0 Å². The number of alkyl halides is 2. The third-order valence-electron chi connectivity index (χ3n) is 1.28. The number of rotatable bonds is 4. The highest BCUT2D eigenvalue weighted by Crippen LogP contribution is 2.13. The average molecular weight is 204 g/mol. The number of hydrogen-bond donors (Lipinski definition) is 0. The molecule has 0 unspecified atom stereocenters. The molecule has 1 heterocycles. The molecule has 1 rings (SSSR count). The van der Waals surface area contributed by atoms with Gasteiger partial charge in [-0.3, -0.25) is 0 Å². The van der Waals surface area contributed by atoms with Crippen molar-refractivity contribution in [2.75, 3.05) is 6.61 Å². The van der Waals surface area contributed by atoms with E-state index in [9.17, 15) is 18.9 Å². The summed E-state index contributed by atoms with van der Waals surface area (Å²) in [5, 5.41) is 10.2. The van der Waals surface area contributed by atoms with Crippen LogP contribution in [0.15, 0.2) is 18.3 Å². The van der Waals surface area contributed by atoms with E-state index in [-0.39, 0.29) is 11.6 Å². The molecule has 5 nitrogen and oxygen atoms in total. The van der Waals surface area contributed by atoms with E-state index in [0.717, 1.165) is 12.3 Å². The molecule has 0 aromatic carbocycles. The third-order valence-corrected chi connectivity index (χ3v) is 1.28. The molecule has 0 bridgehead atoms. The van der Waals surface area contributed by atoms with Crippen molar-refractivity contribution in [1.82, 2.24) is 4.98 Å². The molecule has 1 aromatic rings. The highest BCUT2D eigenvalue weighted by molar-refractivity contribution is 5.26. The van der Waals surface area contributed by atoms with Crippen molar-refractivity contribution in [3.63, 3.8) is 0 Å². The van der Waals surface area contributed by atoms with Gasteiger partial charge in [0.15, 0.2) is 11.9 Å². The fourth-order valence-corrected chi connectivity index (χ4v) is 0.725. The van der Waals surface area contributed by atoms with Crippen molar-refractivity contribution < 1.29 is 18.4 Å². The highest BCUT2D eigenvalue weighted by atomic mass is 19.3. The average Bonchev–Trinajstić information content (AvgIpc) is 2.15. The molecule has 76 valence electrons. The molecule has 1 aromatic heterocycles. The van der Waals surface area contributed by atoms with Gasteiger partial charge in [-0.2, -0.15) is 0 Å². The maximum Gasteiger partial charge on any atom is 0.363 e. The first-order chi connectivity index (χ1) is 6.59. The van der Waals surface area contributed by atoms with Crippen LogP contribution in [0.4, 0.5) is 14.6 Å². The Morgan fingerprint density at radius 3 is 2.71 bits per heavy atom. The topological polar surface area (TPSA) is 65.3 Å². The fraction of sp³-hybridized carbons (Fsp3) is 0.286. The molecule has 0 aliphatic rings. The Balaban J connectivity index is 2.60. The summed E-state index contributed by atoms with van der Waals surface area (Å²) in [4.78, 5) is 12.9. The summed E-state index contributed by atoms with van der Waals surface area (Å²) < 4.78 is 27.9. The molecule has 0 aliphatic carbocycles. The first-order valence-electron chi connectivity index (χ1n) is 3.61. The summed E-state index contributed by atoms with van der Waals surface area (Å²) in [5.74, 6) is -0.273. The third kappa shape index (κ3) is 2.92. The fourth-order valence-electron chi connectivity index (χ4n) is 0.725. The summed E-state index contributed by atoms with van der Waals surface area (Å²) in [6, 6.07) is 2.30. The molecule has 0 amide bonds. The van der Waals surface area contributed by atoms with Crippen molar-refractivity contribution >= 4 is 5.82 Å². The van der Waals surface area contributed by atoms with Crippen molar-refractivity contribution in [2.45, 2.75) is 6.43 Å². The lowest BCUT2D eigenvalue weighted by Gasteiger charge is -2.02. The zero-order valence-electron chi connectivity index (χ0n) is 6.89. The van der Waals surface area contributed by atoms with Gasteiger partial charge >= 0.3 is 5.82 Å². The van der Waals surface area contributed by atoms with Crippen LogP contribution in [0.3, 0.4) is 0 Å². The molecule has 0 radical (unpaired) electrons.